The molecule has 0 radical (unpaired) electrons. The van der Waals surface area contributed by atoms with Crippen LogP contribution in [0, 0.1) is 0 Å². The van der Waals surface area contributed by atoms with Gasteiger partial charge in [0.2, 0.25) is 0 Å². The van der Waals surface area contributed by atoms with Crippen LogP contribution in [0.1, 0.15) is 19.3 Å². The van der Waals surface area contributed by atoms with Gasteiger partial charge in [0.15, 0.2) is 11.7 Å². The van der Waals surface area contributed by atoms with E-state index in [4.69, 9.17) is 5.73 Å². The average molecular weight is 273 g/mol. The maximum atomic E-state index is 12.2. The van der Waals surface area contributed by atoms with Gasteiger partial charge >= 0.3 is 6.36 Å². The Bertz CT molecular complexity index is 470. The second-order valence-corrected chi connectivity index (χ2v) is 4.27. The van der Waals surface area contributed by atoms with Gasteiger partial charge in [0.05, 0.1) is 11.7 Å². The van der Waals surface area contributed by atoms with Crippen molar-refractivity contribution >= 4 is 11.6 Å². The van der Waals surface area contributed by atoms with Crippen molar-refractivity contribution in [1.82, 2.24) is 0 Å². The minimum atomic E-state index is -4.74. The third kappa shape index (κ3) is 4.04. The zero-order valence-electron chi connectivity index (χ0n) is 10.1. The lowest BCUT2D eigenvalue weighted by atomic mass is 9.94. The molecule has 3 N–H and O–H groups in total. The lowest BCUT2D eigenvalue weighted by molar-refractivity contribution is -0.274. The minimum absolute atomic E-state index is 0.0999. The Kier molecular flexibility index (Phi) is 3.82. The summed E-state index contributed by atoms with van der Waals surface area (Å²) in [5.41, 5.74) is 5.79. The zero-order valence-corrected chi connectivity index (χ0v) is 10.1. The summed E-state index contributed by atoms with van der Waals surface area (Å²) in [7, 11) is 0. The molecule has 4 nitrogen and oxygen atoms in total. The van der Waals surface area contributed by atoms with E-state index in [0.717, 1.165) is 19.3 Å². The van der Waals surface area contributed by atoms with Gasteiger partial charge in [0.25, 0.3) is 0 Å². The highest BCUT2D eigenvalue weighted by Crippen LogP contribution is 2.30. The number of para-hydroxylation sites is 2. The van der Waals surface area contributed by atoms with Crippen LogP contribution in [0.25, 0.3) is 0 Å². The van der Waals surface area contributed by atoms with E-state index in [1.54, 1.807) is 6.07 Å². The first kappa shape index (κ1) is 13.5. The van der Waals surface area contributed by atoms with E-state index >= 15 is 0 Å². The Labute approximate surface area is 108 Å². The number of nitrogens with two attached hydrogens (primary N) is 1. The molecule has 0 aromatic heterocycles. The Hall–Kier alpha value is -1.92. The van der Waals surface area contributed by atoms with Crippen molar-refractivity contribution < 1.29 is 17.9 Å². The summed E-state index contributed by atoms with van der Waals surface area (Å²) in [6.45, 7) is 0. The zero-order chi connectivity index (χ0) is 13.9. The summed E-state index contributed by atoms with van der Waals surface area (Å²) in [5.74, 6) is -0.232. The van der Waals surface area contributed by atoms with Crippen LogP contribution in [0.15, 0.2) is 29.3 Å². The molecule has 1 fully saturated rings. The number of alkyl halides is 3. The topological polar surface area (TPSA) is 59.6 Å². The maximum Gasteiger partial charge on any atom is 0.573 e. The van der Waals surface area contributed by atoms with Crippen LogP contribution in [0.2, 0.25) is 0 Å². The fourth-order valence-corrected chi connectivity index (χ4v) is 1.67. The van der Waals surface area contributed by atoms with E-state index in [1.165, 1.54) is 18.2 Å². The summed E-state index contributed by atoms with van der Waals surface area (Å²) in [4.78, 5) is 4.16. The molecule has 1 saturated carbocycles. The predicted molar refractivity (Wildman–Crippen MR) is 66.0 cm³/mol. The molecule has 0 bridgehead atoms. The number of ether oxygens (including phenoxy) is 1. The molecule has 0 atom stereocenters. The highest BCUT2D eigenvalue weighted by molar-refractivity contribution is 5.93. The molecule has 0 aliphatic heterocycles. The normalized spacial score (nSPS) is 16.9. The van der Waals surface area contributed by atoms with Gasteiger partial charge in [-0.25, -0.2) is 4.99 Å². The Morgan fingerprint density at radius 2 is 2.00 bits per heavy atom. The molecule has 0 spiro atoms. The third-order valence-corrected chi connectivity index (χ3v) is 2.77. The molecule has 1 aromatic rings. The smallest absolute Gasteiger partial charge is 0.404 e. The van der Waals surface area contributed by atoms with Crippen molar-refractivity contribution in [2.75, 3.05) is 5.32 Å². The van der Waals surface area contributed by atoms with Gasteiger partial charge in [-0.15, -0.1) is 13.2 Å². The molecule has 0 saturated heterocycles. The van der Waals surface area contributed by atoms with Crippen LogP contribution >= 0.6 is 0 Å². The minimum Gasteiger partial charge on any atom is -0.404 e. The molecule has 0 heterocycles. The molecule has 1 aromatic carbocycles. The van der Waals surface area contributed by atoms with Crippen LogP contribution in [0.4, 0.5) is 18.9 Å². The Balaban J connectivity index is 2.08. The number of anilines is 1. The summed E-state index contributed by atoms with van der Waals surface area (Å²) >= 11 is 0. The molecular formula is C12H14F3N3O. The van der Waals surface area contributed by atoms with Gasteiger partial charge in [-0.1, -0.05) is 12.1 Å². The van der Waals surface area contributed by atoms with E-state index in [1.807, 2.05) is 0 Å². The summed E-state index contributed by atoms with van der Waals surface area (Å²) < 4.78 is 40.6. The SMILES string of the molecule is NC(=NC1CCC1)Nc1ccccc1OC(F)(F)F. The second-order valence-electron chi connectivity index (χ2n) is 4.27. The van der Waals surface area contributed by atoms with Crippen LogP contribution in [0.5, 0.6) is 5.75 Å². The Morgan fingerprint density at radius 3 is 2.58 bits per heavy atom. The first-order valence-corrected chi connectivity index (χ1v) is 5.89. The van der Waals surface area contributed by atoms with Crippen LogP contribution < -0.4 is 15.8 Å². The number of aliphatic imine (C=N–C) groups is 1. The largest absolute Gasteiger partial charge is 0.573 e. The molecule has 1 aliphatic carbocycles. The van der Waals surface area contributed by atoms with Gasteiger partial charge in [0, 0.05) is 0 Å². The predicted octanol–water partition coefficient (Wildman–Crippen LogP) is 2.86. The van der Waals surface area contributed by atoms with Crippen molar-refractivity contribution in [3.8, 4) is 5.75 Å². The van der Waals surface area contributed by atoms with Crippen LogP contribution in [0.3, 0.4) is 0 Å². The molecule has 2 rings (SSSR count). The van der Waals surface area contributed by atoms with E-state index in [2.05, 4.69) is 15.0 Å². The van der Waals surface area contributed by atoms with E-state index in [9.17, 15) is 13.2 Å². The molecule has 0 amide bonds. The summed E-state index contributed by atoms with van der Waals surface area (Å²) in [5, 5.41) is 2.63. The quantitative estimate of drug-likeness (QED) is 0.657. The van der Waals surface area contributed by atoms with Gasteiger partial charge in [-0.2, -0.15) is 0 Å². The molecular weight excluding hydrogens is 259 g/mol. The summed E-state index contributed by atoms with van der Waals surface area (Å²) in [6.07, 6.45) is -1.71. The van der Waals surface area contributed by atoms with Crippen molar-refractivity contribution in [3.05, 3.63) is 24.3 Å². The monoisotopic (exact) mass is 273 g/mol. The second kappa shape index (κ2) is 5.38. The van der Waals surface area contributed by atoms with Crippen molar-refractivity contribution in [1.29, 1.82) is 0 Å². The highest BCUT2D eigenvalue weighted by Gasteiger charge is 2.32. The van der Waals surface area contributed by atoms with Gasteiger partial charge in [-0.05, 0) is 31.4 Å². The Morgan fingerprint density at radius 1 is 1.32 bits per heavy atom. The molecule has 19 heavy (non-hydrogen) atoms. The third-order valence-electron chi connectivity index (χ3n) is 2.77. The van der Waals surface area contributed by atoms with Crippen LogP contribution in [-0.2, 0) is 0 Å². The lowest BCUT2D eigenvalue weighted by Gasteiger charge is -2.22. The fourth-order valence-electron chi connectivity index (χ4n) is 1.67. The molecule has 1 aliphatic rings. The molecule has 7 heteroatoms. The first-order chi connectivity index (χ1) is 8.94. The number of benzene rings is 1. The number of halogens is 3. The number of nitrogens with zero attached hydrogens (tertiary/aromatic N) is 1. The standard InChI is InChI=1S/C12H14F3N3O/c13-12(14,15)19-10-7-2-1-6-9(10)18-11(16)17-8-4-3-5-8/h1-2,6-8H,3-5H2,(H3,16,17,18). The average Bonchev–Trinajstić information content (AvgIpc) is 2.24. The van der Waals surface area contributed by atoms with E-state index in [-0.39, 0.29) is 23.4 Å². The van der Waals surface area contributed by atoms with Gasteiger partial charge in [0.1, 0.15) is 0 Å². The highest BCUT2D eigenvalue weighted by atomic mass is 19.4. The van der Waals surface area contributed by atoms with E-state index in [0.29, 0.717) is 0 Å². The fraction of sp³-hybridized carbons (Fsp3) is 0.417. The van der Waals surface area contributed by atoms with Crippen LogP contribution in [-0.4, -0.2) is 18.4 Å². The van der Waals surface area contributed by atoms with Crippen molar-refractivity contribution in [3.63, 3.8) is 0 Å². The molecule has 104 valence electrons. The van der Waals surface area contributed by atoms with Gasteiger partial charge in [-0.3, -0.25) is 0 Å². The lowest BCUT2D eigenvalue weighted by Crippen LogP contribution is -2.28. The van der Waals surface area contributed by atoms with E-state index < -0.39 is 6.36 Å². The first-order valence-electron chi connectivity index (χ1n) is 5.89. The molecule has 0 unspecified atom stereocenters. The number of nitrogens with one attached hydrogen (secondary N) is 1. The van der Waals surface area contributed by atoms with Crippen molar-refractivity contribution in [2.24, 2.45) is 10.7 Å². The number of hydrogen-bond donors (Lipinski definition) is 2. The maximum absolute atomic E-state index is 12.2. The van der Waals surface area contributed by atoms with Crippen molar-refractivity contribution in [2.45, 2.75) is 31.7 Å². The van der Waals surface area contributed by atoms with Gasteiger partial charge < -0.3 is 15.8 Å². The number of rotatable bonds is 3. The number of guanidine groups is 1. The summed E-state index contributed by atoms with van der Waals surface area (Å²) in [6, 6.07) is 5.87. The number of hydrogen-bond acceptors (Lipinski definition) is 2.